The predicted octanol–water partition coefficient (Wildman–Crippen LogP) is 3.48. The van der Waals surface area contributed by atoms with Gasteiger partial charge in [0.25, 0.3) is 0 Å². The van der Waals surface area contributed by atoms with Crippen molar-refractivity contribution in [3.63, 3.8) is 0 Å². The van der Waals surface area contributed by atoms with E-state index in [9.17, 15) is 5.11 Å². The van der Waals surface area contributed by atoms with Gasteiger partial charge in [0.05, 0.1) is 17.8 Å². The van der Waals surface area contributed by atoms with Gasteiger partial charge in [-0.3, -0.25) is 0 Å². The first-order valence-corrected chi connectivity index (χ1v) is 7.75. The van der Waals surface area contributed by atoms with E-state index in [1.54, 1.807) is 18.7 Å². The molecule has 20 heavy (non-hydrogen) atoms. The third-order valence-corrected chi connectivity index (χ3v) is 4.13. The Labute approximate surface area is 123 Å². The molecule has 1 aromatic heterocycles. The maximum absolute atomic E-state index is 9.82. The lowest BCUT2D eigenvalue weighted by Gasteiger charge is -2.19. The fourth-order valence-electron chi connectivity index (χ4n) is 2.17. The first kappa shape index (κ1) is 15.1. The zero-order valence-electron chi connectivity index (χ0n) is 12.0. The minimum Gasteiger partial charge on any atom is -0.393 e. The summed E-state index contributed by atoms with van der Waals surface area (Å²) in [5.74, 6) is 2.00. The molecule has 2 aromatic rings. The Morgan fingerprint density at radius 1 is 1.20 bits per heavy atom. The molecule has 0 spiro atoms. The monoisotopic (exact) mass is 292 g/mol. The molecule has 5 heteroatoms. The van der Waals surface area contributed by atoms with Crippen LogP contribution in [-0.4, -0.2) is 21.4 Å². The van der Waals surface area contributed by atoms with Crippen LogP contribution in [0.3, 0.4) is 0 Å². The average molecular weight is 292 g/mol. The van der Waals surface area contributed by atoms with E-state index in [1.807, 2.05) is 32.0 Å². The highest BCUT2D eigenvalue weighted by atomic mass is 32.2. The number of hydrogen-bond donors (Lipinski definition) is 1. The van der Waals surface area contributed by atoms with Crippen molar-refractivity contribution in [3.8, 4) is 0 Å². The Morgan fingerprint density at radius 2 is 1.90 bits per heavy atom. The number of benzene rings is 1. The predicted molar refractivity (Wildman–Crippen MR) is 79.6 cm³/mol. The smallest absolute Gasteiger partial charge is 0.232 e. The highest BCUT2D eigenvalue weighted by Gasteiger charge is 2.27. The molecule has 1 N–H and O–H groups in total. The van der Waals surface area contributed by atoms with Crippen LogP contribution in [0.4, 0.5) is 0 Å². The van der Waals surface area contributed by atoms with Crippen molar-refractivity contribution >= 4 is 11.8 Å². The van der Waals surface area contributed by atoms with Crippen molar-refractivity contribution in [2.24, 2.45) is 5.92 Å². The normalized spacial score (nSPS) is 14.4. The first-order valence-electron chi connectivity index (χ1n) is 6.76. The average Bonchev–Trinajstić information content (AvgIpc) is 2.85. The van der Waals surface area contributed by atoms with Crippen LogP contribution in [0, 0.1) is 5.92 Å². The van der Waals surface area contributed by atoms with E-state index < -0.39 is 6.10 Å². The molecule has 1 aromatic carbocycles. The van der Waals surface area contributed by atoms with Crippen molar-refractivity contribution in [3.05, 3.63) is 42.0 Å². The molecule has 0 fully saturated rings. The first-order chi connectivity index (χ1) is 9.58. The van der Waals surface area contributed by atoms with Crippen molar-refractivity contribution in [2.45, 2.75) is 43.4 Å². The standard InChI is InChI=1S/C15H20N2O2S/c1-10(2)14(11(3)18)15-16-13(17-19-15)9-20-12-7-5-4-6-8-12/h4-8,10-11,14,18H,9H2,1-3H3. The Morgan fingerprint density at radius 3 is 2.50 bits per heavy atom. The molecule has 0 aliphatic heterocycles. The van der Waals surface area contributed by atoms with Crippen molar-refractivity contribution < 1.29 is 9.63 Å². The van der Waals surface area contributed by atoms with E-state index in [0.29, 0.717) is 17.5 Å². The number of aromatic nitrogens is 2. The third-order valence-electron chi connectivity index (χ3n) is 3.12. The number of thioether (sulfide) groups is 1. The highest BCUT2D eigenvalue weighted by Crippen LogP contribution is 2.28. The molecule has 0 aliphatic carbocycles. The van der Waals surface area contributed by atoms with Gasteiger partial charge in [-0.1, -0.05) is 37.2 Å². The van der Waals surface area contributed by atoms with Crippen molar-refractivity contribution in [1.82, 2.24) is 10.1 Å². The maximum atomic E-state index is 9.82. The molecule has 2 rings (SSSR count). The minimum absolute atomic E-state index is 0.113. The van der Waals surface area contributed by atoms with Crippen molar-refractivity contribution in [2.75, 3.05) is 0 Å². The number of hydrogen-bond acceptors (Lipinski definition) is 5. The SMILES string of the molecule is CC(C)C(c1nc(CSc2ccccc2)no1)C(C)O. The summed E-state index contributed by atoms with van der Waals surface area (Å²) in [7, 11) is 0. The van der Waals surface area contributed by atoms with Crippen LogP contribution in [0.25, 0.3) is 0 Å². The minimum atomic E-state index is -0.495. The summed E-state index contributed by atoms with van der Waals surface area (Å²) in [4.78, 5) is 5.59. The molecular formula is C15H20N2O2S. The molecule has 4 nitrogen and oxygen atoms in total. The fraction of sp³-hybridized carbons (Fsp3) is 0.467. The summed E-state index contributed by atoms with van der Waals surface area (Å²) in [6, 6.07) is 10.1. The quantitative estimate of drug-likeness (QED) is 0.826. The summed E-state index contributed by atoms with van der Waals surface area (Å²) >= 11 is 1.67. The molecule has 1 heterocycles. The topological polar surface area (TPSA) is 59.2 Å². The van der Waals surface area contributed by atoms with E-state index >= 15 is 0 Å². The molecule has 2 unspecified atom stereocenters. The van der Waals surface area contributed by atoms with Crippen LogP contribution < -0.4 is 0 Å². The van der Waals surface area contributed by atoms with Gasteiger partial charge < -0.3 is 9.63 Å². The molecule has 0 amide bonds. The Kier molecular flexibility index (Phi) is 5.20. The van der Waals surface area contributed by atoms with Gasteiger partial charge >= 0.3 is 0 Å². The van der Waals surface area contributed by atoms with Gasteiger partial charge in [-0.15, -0.1) is 11.8 Å². The molecule has 108 valence electrons. The number of nitrogens with zero attached hydrogens (tertiary/aromatic N) is 2. The number of rotatable bonds is 6. The second kappa shape index (κ2) is 6.90. The summed E-state index contributed by atoms with van der Waals surface area (Å²) in [6.45, 7) is 5.84. The second-order valence-electron chi connectivity index (χ2n) is 5.16. The van der Waals surface area contributed by atoms with Gasteiger partial charge in [0.2, 0.25) is 5.89 Å². The number of aliphatic hydroxyl groups excluding tert-OH is 1. The van der Waals surface area contributed by atoms with E-state index in [-0.39, 0.29) is 11.8 Å². The highest BCUT2D eigenvalue weighted by molar-refractivity contribution is 7.98. The molecule has 0 radical (unpaired) electrons. The van der Waals surface area contributed by atoms with Gasteiger partial charge in [0.1, 0.15) is 0 Å². The zero-order valence-corrected chi connectivity index (χ0v) is 12.8. The van der Waals surface area contributed by atoms with Gasteiger partial charge in [-0.2, -0.15) is 4.98 Å². The Hall–Kier alpha value is -1.33. The van der Waals surface area contributed by atoms with Crippen LogP contribution in [0.1, 0.15) is 38.4 Å². The van der Waals surface area contributed by atoms with Crippen LogP contribution in [-0.2, 0) is 5.75 Å². The molecule has 0 bridgehead atoms. The van der Waals surface area contributed by atoms with Crippen LogP contribution in [0.2, 0.25) is 0 Å². The summed E-state index contributed by atoms with van der Waals surface area (Å²) < 4.78 is 5.30. The Bertz CT molecular complexity index is 518. The summed E-state index contributed by atoms with van der Waals surface area (Å²) in [6.07, 6.45) is -0.495. The molecule has 0 saturated heterocycles. The lowest BCUT2D eigenvalue weighted by Crippen LogP contribution is -2.20. The lowest BCUT2D eigenvalue weighted by atomic mass is 9.91. The third kappa shape index (κ3) is 3.84. The fourth-order valence-corrected chi connectivity index (χ4v) is 2.94. The largest absolute Gasteiger partial charge is 0.393 e. The van der Waals surface area contributed by atoms with Crippen LogP contribution in [0.15, 0.2) is 39.8 Å². The van der Waals surface area contributed by atoms with Crippen LogP contribution >= 0.6 is 11.8 Å². The van der Waals surface area contributed by atoms with Gasteiger partial charge in [-0.05, 0) is 25.0 Å². The Balaban J connectivity index is 2.01. The van der Waals surface area contributed by atoms with E-state index in [4.69, 9.17) is 4.52 Å². The maximum Gasteiger partial charge on any atom is 0.232 e. The van der Waals surface area contributed by atoms with E-state index in [0.717, 1.165) is 0 Å². The zero-order chi connectivity index (χ0) is 14.5. The van der Waals surface area contributed by atoms with Gasteiger partial charge in [0.15, 0.2) is 5.82 Å². The van der Waals surface area contributed by atoms with Gasteiger partial charge in [0, 0.05) is 4.90 Å². The van der Waals surface area contributed by atoms with Gasteiger partial charge in [-0.25, -0.2) is 0 Å². The van der Waals surface area contributed by atoms with Crippen molar-refractivity contribution in [1.29, 1.82) is 0 Å². The lowest BCUT2D eigenvalue weighted by molar-refractivity contribution is 0.120. The molecule has 0 saturated carbocycles. The molecule has 0 aliphatic rings. The van der Waals surface area contributed by atoms with E-state index in [2.05, 4.69) is 22.3 Å². The molecular weight excluding hydrogens is 272 g/mol. The second-order valence-corrected chi connectivity index (χ2v) is 6.21. The number of aliphatic hydroxyl groups is 1. The molecule has 2 atom stereocenters. The van der Waals surface area contributed by atoms with E-state index in [1.165, 1.54) is 4.90 Å². The van der Waals surface area contributed by atoms with Crippen LogP contribution in [0.5, 0.6) is 0 Å². The summed E-state index contributed by atoms with van der Waals surface area (Å²) in [5, 5.41) is 13.8. The summed E-state index contributed by atoms with van der Waals surface area (Å²) in [5.41, 5.74) is 0.